The standard InChI is InChI=1S/C22H19ClFN3O3/c1-27-20(29)22(26-21(27)25)16-8-11(12-6-13(23)9-14(24)7-12)2-4-18(16)30-19-5-3-15(28)10-17(19)22/h2,4,6-9,17,19H,3,5,10H2,1H3,(H2,25,26)/t17-,19+,22+/m1/s1. The second kappa shape index (κ2) is 6.54. The molecule has 2 heterocycles. The average Bonchev–Trinajstić information content (AvgIpc) is 2.93. The van der Waals surface area contributed by atoms with Gasteiger partial charge in [0.2, 0.25) is 0 Å². The van der Waals surface area contributed by atoms with Gasteiger partial charge in [-0.2, -0.15) is 0 Å². The second-order valence-corrected chi connectivity index (χ2v) is 8.45. The molecule has 8 heteroatoms. The third-order valence-electron chi connectivity index (χ3n) is 6.27. The molecule has 0 radical (unpaired) electrons. The lowest BCUT2D eigenvalue weighted by molar-refractivity contribution is -0.139. The molecule has 5 rings (SSSR count). The molecule has 2 aromatic rings. The van der Waals surface area contributed by atoms with Crippen molar-refractivity contribution in [1.29, 1.82) is 0 Å². The highest BCUT2D eigenvalue weighted by Gasteiger charge is 2.61. The molecule has 1 spiro atoms. The summed E-state index contributed by atoms with van der Waals surface area (Å²) in [6.45, 7) is 0. The zero-order valence-electron chi connectivity index (χ0n) is 16.2. The number of hydrogen-bond donors (Lipinski definition) is 1. The van der Waals surface area contributed by atoms with Gasteiger partial charge in [-0.15, -0.1) is 0 Å². The first-order valence-corrected chi connectivity index (χ1v) is 10.1. The van der Waals surface area contributed by atoms with Crippen molar-refractivity contribution in [3.8, 4) is 16.9 Å². The van der Waals surface area contributed by atoms with Crippen LogP contribution in [0, 0.1) is 11.7 Å². The minimum absolute atomic E-state index is 0.0758. The summed E-state index contributed by atoms with van der Waals surface area (Å²) in [6.07, 6.45) is 0.821. The monoisotopic (exact) mass is 427 g/mol. The summed E-state index contributed by atoms with van der Waals surface area (Å²) in [7, 11) is 1.57. The van der Waals surface area contributed by atoms with Gasteiger partial charge in [0.1, 0.15) is 23.5 Å². The lowest BCUT2D eigenvalue weighted by Crippen LogP contribution is -2.54. The van der Waals surface area contributed by atoms with Crippen LogP contribution < -0.4 is 10.5 Å². The first-order valence-electron chi connectivity index (χ1n) is 9.72. The molecule has 6 nitrogen and oxygen atoms in total. The molecule has 1 amide bonds. The Bertz CT molecular complexity index is 1110. The van der Waals surface area contributed by atoms with E-state index in [-0.39, 0.29) is 35.2 Å². The van der Waals surface area contributed by atoms with Crippen LogP contribution in [0.4, 0.5) is 4.39 Å². The molecule has 3 aliphatic rings. The number of ketones is 1. The minimum atomic E-state index is -1.33. The Morgan fingerprint density at radius 2 is 2.03 bits per heavy atom. The minimum Gasteiger partial charge on any atom is -0.490 e. The lowest BCUT2D eigenvalue weighted by Gasteiger charge is -2.45. The van der Waals surface area contributed by atoms with Gasteiger partial charge in [-0.1, -0.05) is 17.7 Å². The summed E-state index contributed by atoms with van der Waals surface area (Å²) in [5.74, 6) is -0.497. The van der Waals surface area contributed by atoms with Crippen LogP contribution >= 0.6 is 11.6 Å². The van der Waals surface area contributed by atoms with Crippen molar-refractivity contribution in [2.45, 2.75) is 30.9 Å². The topological polar surface area (TPSA) is 85.0 Å². The number of rotatable bonds is 1. The summed E-state index contributed by atoms with van der Waals surface area (Å²) in [5, 5.41) is 0.269. The molecule has 0 bridgehead atoms. The van der Waals surface area contributed by atoms with E-state index >= 15 is 0 Å². The van der Waals surface area contributed by atoms with Gasteiger partial charge in [-0.25, -0.2) is 9.38 Å². The number of hydrogen-bond acceptors (Lipinski definition) is 5. The van der Waals surface area contributed by atoms with Crippen LogP contribution in [-0.4, -0.2) is 35.7 Å². The van der Waals surface area contributed by atoms with E-state index in [0.29, 0.717) is 35.3 Å². The first kappa shape index (κ1) is 19.1. The highest BCUT2D eigenvalue weighted by molar-refractivity contribution is 6.30. The maximum absolute atomic E-state index is 13.9. The van der Waals surface area contributed by atoms with Gasteiger partial charge in [0.25, 0.3) is 5.91 Å². The van der Waals surface area contributed by atoms with Crippen molar-refractivity contribution in [2.24, 2.45) is 16.6 Å². The number of nitrogens with zero attached hydrogens (tertiary/aromatic N) is 2. The molecule has 0 saturated heterocycles. The summed E-state index contributed by atoms with van der Waals surface area (Å²) in [5.41, 5.74) is 6.47. The maximum atomic E-state index is 13.9. The zero-order valence-corrected chi connectivity index (χ0v) is 16.9. The Morgan fingerprint density at radius 1 is 1.23 bits per heavy atom. The van der Waals surface area contributed by atoms with Gasteiger partial charge in [0, 0.05) is 36.4 Å². The molecule has 3 atom stereocenters. The second-order valence-electron chi connectivity index (χ2n) is 8.01. The highest BCUT2D eigenvalue weighted by Crippen LogP contribution is 2.53. The number of ether oxygens (including phenoxy) is 1. The Hall–Kier alpha value is -2.93. The summed E-state index contributed by atoms with van der Waals surface area (Å²) in [4.78, 5) is 31.7. The third kappa shape index (κ3) is 2.65. The Kier molecular flexibility index (Phi) is 4.15. The van der Waals surface area contributed by atoms with Gasteiger partial charge in [0.15, 0.2) is 11.5 Å². The van der Waals surface area contributed by atoms with Crippen molar-refractivity contribution in [3.05, 3.63) is 52.8 Å². The van der Waals surface area contributed by atoms with Gasteiger partial charge < -0.3 is 10.5 Å². The van der Waals surface area contributed by atoms with Crippen molar-refractivity contribution >= 4 is 29.3 Å². The van der Waals surface area contributed by atoms with Crippen LogP contribution in [-0.2, 0) is 15.1 Å². The van der Waals surface area contributed by atoms with Crippen LogP contribution in [0.3, 0.4) is 0 Å². The molecule has 1 aliphatic carbocycles. The fourth-order valence-corrected chi connectivity index (χ4v) is 5.04. The van der Waals surface area contributed by atoms with Gasteiger partial charge in [0.05, 0.1) is 0 Å². The zero-order chi connectivity index (χ0) is 21.2. The Balaban J connectivity index is 1.73. The first-order chi connectivity index (χ1) is 14.3. The fourth-order valence-electron chi connectivity index (χ4n) is 4.81. The summed E-state index contributed by atoms with van der Waals surface area (Å²) < 4.78 is 20.1. The normalized spacial score (nSPS) is 27.6. The van der Waals surface area contributed by atoms with Gasteiger partial charge in [-0.05, 0) is 47.9 Å². The molecule has 0 aromatic heterocycles. The number of likely N-dealkylation sites (N-methyl/N-ethyl adjacent to an activating group) is 1. The number of carbonyl (C=O) groups excluding carboxylic acids is 2. The number of carbonyl (C=O) groups is 2. The van der Waals surface area contributed by atoms with Crippen molar-refractivity contribution in [3.63, 3.8) is 0 Å². The van der Waals surface area contributed by atoms with Crippen LogP contribution in [0.1, 0.15) is 24.8 Å². The molecule has 154 valence electrons. The van der Waals surface area contributed by atoms with E-state index in [9.17, 15) is 14.0 Å². The highest BCUT2D eigenvalue weighted by atomic mass is 35.5. The molecule has 1 saturated carbocycles. The largest absolute Gasteiger partial charge is 0.490 e. The fraction of sp³-hybridized carbons (Fsp3) is 0.318. The van der Waals surface area contributed by atoms with E-state index in [2.05, 4.69) is 4.99 Å². The van der Waals surface area contributed by atoms with Crippen molar-refractivity contribution in [2.75, 3.05) is 7.05 Å². The third-order valence-corrected chi connectivity index (χ3v) is 6.49. The van der Waals surface area contributed by atoms with E-state index in [1.165, 1.54) is 17.0 Å². The van der Waals surface area contributed by atoms with Crippen LogP contribution in [0.2, 0.25) is 5.02 Å². The van der Waals surface area contributed by atoms with Crippen LogP contribution in [0.5, 0.6) is 5.75 Å². The lowest BCUT2D eigenvalue weighted by atomic mass is 9.67. The predicted molar refractivity (Wildman–Crippen MR) is 110 cm³/mol. The number of Topliss-reactive ketones (excluding diaryl/α,β-unsaturated/α-hetero) is 1. The molecule has 2 N–H and O–H groups in total. The number of halogens is 2. The predicted octanol–water partition coefficient (Wildman–Crippen LogP) is 3.26. The number of amides is 1. The summed E-state index contributed by atoms with van der Waals surface area (Å²) >= 11 is 6.03. The smallest absolute Gasteiger partial charge is 0.262 e. The van der Waals surface area contributed by atoms with E-state index < -0.39 is 17.3 Å². The van der Waals surface area contributed by atoms with Crippen molar-refractivity contribution in [1.82, 2.24) is 4.90 Å². The molecule has 2 aromatic carbocycles. The molecule has 0 unspecified atom stereocenters. The van der Waals surface area contributed by atoms with Crippen molar-refractivity contribution < 1.29 is 18.7 Å². The van der Waals surface area contributed by atoms with E-state index in [4.69, 9.17) is 22.1 Å². The molecular weight excluding hydrogens is 409 g/mol. The van der Waals surface area contributed by atoms with Gasteiger partial charge in [-0.3, -0.25) is 14.5 Å². The number of aliphatic imine (C=N–C) groups is 1. The number of guanidine groups is 1. The maximum Gasteiger partial charge on any atom is 0.262 e. The quantitative estimate of drug-likeness (QED) is 0.757. The number of benzene rings is 2. The summed E-state index contributed by atoms with van der Waals surface area (Å²) in [6, 6.07) is 9.57. The van der Waals surface area contributed by atoms with E-state index in [1.54, 1.807) is 31.3 Å². The Morgan fingerprint density at radius 3 is 2.73 bits per heavy atom. The number of fused-ring (bicyclic) bond motifs is 4. The molecule has 2 aliphatic heterocycles. The van der Waals surface area contributed by atoms with Gasteiger partial charge >= 0.3 is 0 Å². The molecule has 30 heavy (non-hydrogen) atoms. The van der Waals surface area contributed by atoms with E-state index in [0.717, 1.165) is 0 Å². The van der Waals surface area contributed by atoms with Crippen LogP contribution in [0.15, 0.2) is 41.4 Å². The number of nitrogens with two attached hydrogens (primary N) is 1. The molecular formula is C22H19ClFN3O3. The Labute approximate surface area is 177 Å². The average molecular weight is 428 g/mol. The van der Waals surface area contributed by atoms with E-state index in [1.807, 2.05) is 0 Å². The molecule has 1 fully saturated rings. The SMILES string of the molecule is CN1C(=O)[C@]2(N=C1N)c1cc(-c3cc(F)cc(Cl)c3)ccc1O[C@H]1CCC(=O)C[C@H]12. The van der Waals surface area contributed by atoms with Crippen LogP contribution in [0.25, 0.3) is 11.1 Å².